The second-order valence-corrected chi connectivity index (χ2v) is 3.76. The molecule has 0 spiro atoms. The van der Waals surface area contributed by atoms with Gasteiger partial charge in [0.05, 0.1) is 13.0 Å². The molecular formula is C10H15NO5. The van der Waals surface area contributed by atoms with Gasteiger partial charge in [-0.3, -0.25) is 14.4 Å². The third-order valence-corrected chi connectivity index (χ3v) is 2.57. The molecule has 1 aliphatic rings. The summed E-state index contributed by atoms with van der Waals surface area (Å²) in [5, 5.41) is 8.45. The van der Waals surface area contributed by atoms with Crippen molar-refractivity contribution in [2.24, 2.45) is 5.92 Å². The molecule has 0 bridgehead atoms. The lowest BCUT2D eigenvalue weighted by Crippen LogP contribution is -2.28. The predicted molar refractivity (Wildman–Crippen MR) is 53.6 cm³/mol. The van der Waals surface area contributed by atoms with E-state index in [9.17, 15) is 14.4 Å². The maximum atomic E-state index is 11.5. The molecule has 0 radical (unpaired) electrons. The highest BCUT2D eigenvalue weighted by molar-refractivity contribution is 5.86. The minimum atomic E-state index is -0.879. The van der Waals surface area contributed by atoms with Gasteiger partial charge in [-0.1, -0.05) is 0 Å². The zero-order chi connectivity index (χ0) is 12.1. The Morgan fingerprint density at radius 1 is 1.56 bits per heavy atom. The Morgan fingerprint density at radius 2 is 2.25 bits per heavy atom. The average Bonchev–Trinajstić information content (AvgIpc) is 2.59. The van der Waals surface area contributed by atoms with Gasteiger partial charge in [-0.15, -0.1) is 0 Å². The van der Waals surface area contributed by atoms with E-state index < -0.39 is 11.9 Å². The van der Waals surface area contributed by atoms with Crippen LogP contribution in [0, 0.1) is 5.92 Å². The standard InChI is InChI=1S/C10H15NO5/c1-16-10(15)7-5-8(12)11(6-7)4-2-3-9(13)14/h7H,2-6H2,1H3,(H,13,14). The average molecular weight is 229 g/mol. The van der Waals surface area contributed by atoms with Crippen LogP contribution in [0.4, 0.5) is 0 Å². The van der Waals surface area contributed by atoms with E-state index in [0.717, 1.165) is 0 Å². The normalized spacial score (nSPS) is 19.9. The number of likely N-dealkylation sites (tertiary alicyclic amines) is 1. The molecule has 0 aromatic heterocycles. The second kappa shape index (κ2) is 5.48. The Kier molecular flexibility index (Phi) is 4.28. The summed E-state index contributed by atoms with van der Waals surface area (Å²) in [5.74, 6) is -1.77. The van der Waals surface area contributed by atoms with Gasteiger partial charge in [0.15, 0.2) is 0 Å². The minimum Gasteiger partial charge on any atom is -0.481 e. The number of carbonyl (C=O) groups excluding carboxylic acids is 2. The van der Waals surface area contributed by atoms with Crippen molar-refractivity contribution in [2.45, 2.75) is 19.3 Å². The molecule has 1 rings (SSSR count). The summed E-state index contributed by atoms with van der Waals surface area (Å²) in [4.78, 5) is 34.5. The summed E-state index contributed by atoms with van der Waals surface area (Å²) in [6.07, 6.45) is 0.612. The molecule has 1 amide bonds. The van der Waals surface area contributed by atoms with Crippen molar-refractivity contribution in [3.05, 3.63) is 0 Å². The number of nitrogens with zero attached hydrogens (tertiary/aromatic N) is 1. The number of esters is 1. The lowest BCUT2D eigenvalue weighted by Gasteiger charge is -2.15. The SMILES string of the molecule is COC(=O)C1CC(=O)N(CCCC(=O)O)C1. The summed E-state index contributed by atoms with van der Waals surface area (Å²) in [6.45, 7) is 0.726. The molecule has 1 fully saturated rings. The van der Waals surface area contributed by atoms with Gasteiger partial charge in [-0.2, -0.15) is 0 Å². The van der Waals surface area contributed by atoms with Crippen LogP contribution in [0.25, 0.3) is 0 Å². The number of ether oxygens (including phenoxy) is 1. The molecule has 0 aromatic carbocycles. The maximum absolute atomic E-state index is 11.5. The van der Waals surface area contributed by atoms with Gasteiger partial charge in [0, 0.05) is 25.9 Å². The number of amides is 1. The first kappa shape index (κ1) is 12.5. The van der Waals surface area contributed by atoms with Gasteiger partial charge in [0.25, 0.3) is 0 Å². The van der Waals surface area contributed by atoms with Crippen LogP contribution in [-0.2, 0) is 19.1 Å². The summed E-state index contributed by atoms with van der Waals surface area (Å²) in [5.41, 5.74) is 0. The van der Waals surface area contributed by atoms with Crippen molar-refractivity contribution >= 4 is 17.8 Å². The van der Waals surface area contributed by atoms with Crippen LogP contribution in [0.15, 0.2) is 0 Å². The molecule has 1 N–H and O–H groups in total. The zero-order valence-electron chi connectivity index (χ0n) is 9.14. The fraction of sp³-hybridized carbons (Fsp3) is 0.700. The molecule has 16 heavy (non-hydrogen) atoms. The van der Waals surface area contributed by atoms with Crippen molar-refractivity contribution in [3.63, 3.8) is 0 Å². The highest BCUT2D eigenvalue weighted by atomic mass is 16.5. The monoisotopic (exact) mass is 229 g/mol. The molecule has 6 heteroatoms. The number of rotatable bonds is 5. The Morgan fingerprint density at radius 3 is 2.81 bits per heavy atom. The Hall–Kier alpha value is -1.59. The molecule has 1 heterocycles. The lowest BCUT2D eigenvalue weighted by molar-refractivity contribution is -0.145. The zero-order valence-corrected chi connectivity index (χ0v) is 9.14. The van der Waals surface area contributed by atoms with Crippen LogP contribution in [0.1, 0.15) is 19.3 Å². The van der Waals surface area contributed by atoms with Crippen molar-refractivity contribution < 1.29 is 24.2 Å². The van der Waals surface area contributed by atoms with E-state index in [0.29, 0.717) is 19.5 Å². The summed E-state index contributed by atoms with van der Waals surface area (Å²) < 4.78 is 4.56. The van der Waals surface area contributed by atoms with E-state index in [1.807, 2.05) is 0 Å². The Balaban J connectivity index is 2.36. The Bertz CT molecular complexity index is 302. The van der Waals surface area contributed by atoms with Crippen LogP contribution in [-0.4, -0.2) is 48.1 Å². The van der Waals surface area contributed by atoms with Crippen molar-refractivity contribution in [1.29, 1.82) is 0 Å². The second-order valence-electron chi connectivity index (χ2n) is 3.76. The summed E-state index contributed by atoms with van der Waals surface area (Å²) in [7, 11) is 1.29. The smallest absolute Gasteiger partial charge is 0.310 e. The third-order valence-electron chi connectivity index (χ3n) is 2.57. The lowest BCUT2D eigenvalue weighted by atomic mass is 10.1. The van der Waals surface area contributed by atoms with E-state index >= 15 is 0 Å². The molecule has 0 aromatic rings. The molecular weight excluding hydrogens is 214 g/mol. The molecule has 1 saturated heterocycles. The summed E-state index contributed by atoms with van der Waals surface area (Å²) in [6, 6.07) is 0. The summed E-state index contributed by atoms with van der Waals surface area (Å²) >= 11 is 0. The fourth-order valence-corrected chi connectivity index (χ4v) is 1.73. The van der Waals surface area contributed by atoms with Crippen LogP contribution in [0.2, 0.25) is 0 Å². The highest BCUT2D eigenvalue weighted by Gasteiger charge is 2.34. The van der Waals surface area contributed by atoms with Crippen LogP contribution >= 0.6 is 0 Å². The molecule has 1 unspecified atom stereocenters. The molecule has 6 nitrogen and oxygen atoms in total. The number of hydrogen-bond donors (Lipinski definition) is 1. The topological polar surface area (TPSA) is 83.9 Å². The highest BCUT2D eigenvalue weighted by Crippen LogP contribution is 2.19. The van der Waals surface area contributed by atoms with Crippen molar-refractivity contribution in [1.82, 2.24) is 4.90 Å². The fourth-order valence-electron chi connectivity index (χ4n) is 1.73. The van der Waals surface area contributed by atoms with Crippen molar-refractivity contribution in [3.8, 4) is 0 Å². The maximum Gasteiger partial charge on any atom is 0.310 e. The largest absolute Gasteiger partial charge is 0.481 e. The first-order chi connectivity index (χ1) is 7.54. The van der Waals surface area contributed by atoms with E-state index in [4.69, 9.17) is 5.11 Å². The van der Waals surface area contributed by atoms with Gasteiger partial charge in [-0.25, -0.2) is 0 Å². The van der Waals surface area contributed by atoms with Gasteiger partial charge in [0.2, 0.25) is 5.91 Å². The Labute approximate surface area is 93.2 Å². The van der Waals surface area contributed by atoms with E-state index in [1.165, 1.54) is 12.0 Å². The predicted octanol–water partition coefficient (Wildman–Crippen LogP) is -0.127. The molecule has 90 valence electrons. The molecule has 1 atom stereocenters. The van der Waals surface area contributed by atoms with E-state index in [2.05, 4.69) is 4.74 Å². The molecule has 1 aliphatic heterocycles. The quantitative estimate of drug-likeness (QED) is 0.664. The number of hydrogen-bond acceptors (Lipinski definition) is 4. The first-order valence-electron chi connectivity index (χ1n) is 5.12. The van der Waals surface area contributed by atoms with Gasteiger partial charge >= 0.3 is 11.9 Å². The minimum absolute atomic E-state index is 0.0344. The number of aliphatic carboxylic acids is 1. The van der Waals surface area contributed by atoms with Crippen LogP contribution < -0.4 is 0 Å². The number of carboxylic acid groups (broad SMARTS) is 1. The van der Waals surface area contributed by atoms with E-state index in [1.54, 1.807) is 0 Å². The number of carboxylic acids is 1. The first-order valence-corrected chi connectivity index (χ1v) is 5.12. The van der Waals surface area contributed by atoms with E-state index in [-0.39, 0.29) is 24.7 Å². The van der Waals surface area contributed by atoms with Crippen LogP contribution in [0.5, 0.6) is 0 Å². The molecule has 0 aliphatic carbocycles. The van der Waals surface area contributed by atoms with Gasteiger partial charge < -0.3 is 14.7 Å². The van der Waals surface area contributed by atoms with Gasteiger partial charge in [-0.05, 0) is 6.42 Å². The number of methoxy groups -OCH3 is 1. The molecule has 0 saturated carbocycles. The van der Waals surface area contributed by atoms with Gasteiger partial charge in [0.1, 0.15) is 0 Å². The third kappa shape index (κ3) is 3.22. The number of carbonyl (C=O) groups is 3. The van der Waals surface area contributed by atoms with Crippen LogP contribution in [0.3, 0.4) is 0 Å². The van der Waals surface area contributed by atoms with Crippen molar-refractivity contribution in [2.75, 3.05) is 20.2 Å².